The molecule has 1 saturated carbocycles. The summed E-state index contributed by atoms with van der Waals surface area (Å²) in [5.74, 6) is 0.956. The minimum absolute atomic E-state index is 0.115. The minimum atomic E-state index is 0.115. The molecule has 0 aromatic carbocycles. The van der Waals surface area contributed by atoms with E-state index in [1.54, 1.807) is 0 Å². The molecule has 1 aliphatic heterocycles. The van der Waals surface area contributed by atoms with Crippen LogP contribution < -0.4 is 4.74 Å². The Morgan fingerprint density at radius 2 is 2.13 bits per heavy atom. The third kappa shape index (κ3) is 1.45. The molecule has 2 heterocycles. The Balaban J connectivity index is 1.95. The summed E-state index contributed by atoms with van der Waals surface area (Å²) in [6.07, 6.45) is 2.61. The van der Waals surface area contributed by atoms with Gasteiger partial charge in [-0.2, -0.15) is 5.10 Å². The van der Waals surface area contributed by atoms with Crippen LogP contribution in [0.15, 0.2) is 6.07 Å². The molecule has 1 spiro atoms. The molecule has 15 heavy (non-hydrogen) atoms. The van der Waals surface area contributed by atoms with Gasteiger partial charge in [-0.25, -0.2) is 4.68 Å². The second-order valence-corrected chi connectivity index (χ2v) is 6.06. The lowest BCUT2D eigenvalue weighted by atomic mass is 9.93. The van der Waals surface area contributed by atoms with Gasteiger partial charge in [-0.1, -0.05) is 20.8 Å². The molecule has 1 aromatic heterocycles. The molecule has 0 unspecified atom stereocenters. The SMILES string of the molecule is CC(C)(C)c1cc2n(n1)CC1(CC1)CO2. The second-order valence-electron chi connectivity index (χ2n) is 6.06. The molecule has 0 bridgehead atoms. The highest BCUT2D eigenvalue weighted by Crippen LogP contribution is 2.50. The van der Waals surface area contributed by atoms with Crippen molar-refractivity contribution in [2.24, 2.45) is 5.41 Å². The first-order valence-corrected chi connectivity index (χ1v) is 5.70. The fourth-order valence-corrected chi connectivity index (χ4v) is 2.07. The lowest BCUT2D eigenvalue weighted by molar-refractivity contribution is 0.148. The lowest BCUT2D eigenvalue weighted by Gasteiger charge is -2.23. The number of hydrogen-bond acceptors (Lipinski definition) is 2. The van der Waals surface area contributed by atoms with E-state index in [4.69, 9.17) is 4.74 Å². The fourth-order valence-electron chi connectivity index (χ4n) is 2.07. The van der Waals surface area contributed by atoms with Crippen molar-refractivity contribution >= 4 is 0 Å². The van der Waals surface area contributed by atoms with Crippen LogP contribution in [0.5, 0.6) is 5.88 Å². The molecular formula is C12H18N2O. The maximum atomic E-state index is 5.78. The van der Waals surface area contributed by atoms with E-state index in [-0.39, 0.29) is 5.41 Å². The summed E-state index contributed by atoms with van der Waals surface area (Å²) in [5, 5.41) is 4.65. The van der Waals surface area contributed by atoms with Crippen LogP contribution in [0.4, 0.5) is 0 Å². The highest BCUT2D eigenvalue weighted by atomic mass is 16.5. The van der Waals surface area contributed by atoms with Crippen molar-refractivity contribution in [3.8, 4) is 5.88 Å². The Kier molecular flexibility index (Phi) is 1.59. The van der Waals surface area contributed by atoms with Crippen molar-refractivity contribution in [2.75, 3.05) is 6.61 Å². The van der Waals surface area contributed by atoms with Crippen molar-refractivity contribution in [1.29, 1.82) is 0 Å². The van der Waals surface area contributed by atoms with Gasteiger partial charge in [0.1, 0.15) is 0 Å². The predicted molar refractivity (Wildman–Crippen MR) is 58.1 cm³/mol. The zero-order chi connectivity index (χ0) is 10.7. The van der Waals surface area contributed by atoms with Crippen LogP contribution in [0.1, 0.15) is 39.3 Å². The average molecular weight is 206 g/mol. The Hall–Kier alpha value is -0.990. The molecule has 0 N–H and O–H groups in total. The number of aromatic nitrogens is 2. The Bertz CT molecular complexity index is 396. The average Bonchev–Trinajstić information content (AvgIpc) is 2.75. The number of rotatable bonds is 0. The van der Waals surface area contributed by atoms with Crippen LogP contribution >= 0.6 is 0 Å². The Morgan fingerprint density at radius 1 is 1.40 bits per heavy atom. The van der Waals surface area contributed by atoms with Gasteiger partial charge in [-0.15, -0.1) is 0 Å². The van der Waals surface area contributed by atoms with Crippen LogP contribution in [-0.4, -0.2) is 16.4 Å². The lowest BCUT2D eigenvalue weighted by Crippen LogP contribution is -2.27. The van der Waals surface area contributed by atoms with Crippen molar-refractivity contribution < 1.29 is 4.74 Å². The van der Waals surface area contributed by atoms with Gasteiger partial charge in [0.15, 0.2) is 0 Å². The summed E-state index contributed by atoms with van der Waals surface area (Å²) in [6, 6.07) is 2.09. The van der Waals surface area contributed by atoms with Gasteiger partial charge in [0.05, 0.1) is 18.8 Å². The molecule has 1 aliphatic carbocycles. The fraction of sp³-hybridized carbons (Fsp3) is 0.750. The van der Waals surface area contributed by atoms with Crippen molar-refractivity contribution in [2.45, 2.75) is 45.6 Å². The van der Waals surface area contributed by atoms with Crippen molar-refractivity contribution in [1.82, 2.24) is 9.78 Å². The molecule has 0 amide bonds. The van der Waals surface area contributed by atoms with E-state index in [1.165, 1.54) is 12.8 Å². The van der Waals surface area contributed by atoms with Crippen molar-refractivity contribution in [3.05, 3.63) is 11.8 Å². The Morgan fingerprint density at radius 3 is 2.73 bits per heavy atom. The standard InChI is InChI=1S/C12H18N2O/c1-11(2,3)9-6-10-14(13-9)7-12(4-5-12)8-15-10/h6H,4-5,7-8H2,1-3H3. The molecular weight excluding hydrogens is 188 g/mol. The number of ether oxygens (including phenoxy) is 1. The molecule has 0 saturated heterocycles. The van der Waals surface area contributed by atoms with Crippen LogP contribution in [0.25, 0.3) is 0 Å². The third-order valence-corrected chi connectivity index (χ3v) is 3.48. The first-order valence-electron chi connectivity index (χ1n) is 5.70. The van der Waals surface area contributed by atoms with Crippen LogP contribution in [0.2, 0.25) is 0 Å². The van der Waals surface area contributed by atoms with Gasteiger partial charge >= 0.3 is 0 Å². The molecule has 1 fully saturated rings. The van der Waals surface area contributed by atoms with E-state index in [9.17, 15) is 0 Å². The third-order valence-electron chi connectivity index (χ3n) is 3.48. The van der Waals surface area contributed by atoms with Gasteiger partial charge in [0.25, 0.3) is 0 Å². The first kappa shape index (κ1) is 9.25. The predicted octanol–water partition coefficient (Wildman–Crippen LogP) is 2.35. The number of hydrogen-bond donors (Lipinski definition) is 0. The highest BCUT2D eigenvalue weighted by Gasteiger charge is 2.47. The monoisotopic (exact) mass is 206 g/mol. The van der Waals surface area contributed by atoms with E-state index < -0.39 is 0 Å². The molecule has 0 radical (unpaired) electrons. The second kappa shape index (κ2) is 2.57. The maximum Gasteiger partial charge on any atom is 0.212 e. The van der Waals surface area contributed by atoms with Crippen LogP contribution in [0, 0.1) is 5.41 Å². The van der Waals surface area contributed by atoms with Gasteiger partial charge in [-0.05, 0) is 12.8 Å². The zero-order valence-electron chi connectivity index (χ0n) is 9.71. The maximum absolute atomic E-state index is 5.78. The summed E-state index contributed by atoms with van der Waals surface area (Å²) in [7, 11) is 0. The smallest absolute Gasteiger partial charge is 0.212 e. The number of fused-ring (bicyclic) bond motifs is 1. The van der Waals surface area contributed by atoms with E-state index in [2.05, 4.69) is 36.6 Å². The molecule has 3 heteroatoms. The van der Waals surface area contributed by atoms with Gasteiger partial charge in [-0.3, -0.25) is 0 Å². The van der Waals surface area contributed by atoms with Crippen molar-refractivity contribution in [3.63, 3.8) is 0 Å². The molecule has 3 rings (SSSR count). The molecule has 82 valence electrons. The minimum Gasteiger partial charge on any atom is -0.477 e. The molecule has 1 aromatic rings. The summed E-state index contributed by atoms with van der Waals surface area (Å²) >= 11 is 0. The van der Waals surface area contributed by atoms with E-state index in [0.29, 0.717) is 5.41 Å². The number of nitrogens with zero attached hydrogens (tertiary/aromatic N) is 2. The largest absolute Gasteiger partial charge is 0.477 e. The van der Waals surface area contributed by atoms with Crippen LogP contribution in [0.3, 0.4) is 0 Å². The highest BCUT2D eigenvalue weighted by molar-refractivity contribution is 5.24. The van der Waals surface area contributed by atoms with E-state index in [0.717, 1.165) is 24.7 Å². The summed E-state index contributed by atoms with van der Waals surface area (Å²) in [6.45, 7) is 8.51. The molecule has 0 atom stereocenters. The first-order chi connectivity index (χ1) is 6.99. The quantitative estimate of drug-likeness (QED) is 0.651. The topological polar surface area (TPSA) is 27.1 Å². The zero-order valence-corrected chi connectivity index (χ0v) is 9.71. The van der Waals surface area contributed by atoms with Gasteiger partial charge < -0.3 is 4.74 Å². The Labute approximate surface area is 90.4 Å². The van der Waals surface area contributed by atoms with Gasteiger partial charge in [0.2, 0.25) is 5.88 Å². The molecule has 3 nitrogen and oxygen atoms in total. The summed E-state index contributed by atoms with van der Waals surface area (Å²) < 4.78 is 7.83. The van der Waals surface area contributed by atoms with E-state index in [1.807, 2.05) is 0 Å². The van der Waals surface area contributed by atoms with Gasteiger partial charge in [0, 0.05) is 16.9 Å². The normalized spacial score (nSPS) is 22.3. The molecule has 2 aliphatic rings. The summed E-state index contributed by atoms with van der Waals surface area (Å²) in [5.41, 5.74) is 1.69. The van der Waals surface area contributed by atoms with Crippen LogP contribution in [-0.2, 0) is 12.0 Å². The summed E-state index contributed by atoms with van der Waals surface area (Å²) in [4.78, 5) is 0. The van der Waals surface area contributed by atoms with E-state index >= 15 is 0 Å².